The molecule has 3 saturated heterocycles. The predicted octanol–water partition coefficient (Wildman–Crippen LogP) is 3.47. The average molecular weight is 376 g/mol. The molecular formula is C23H41N3O. The summed E-state index contributed by atoms with van der Waals surface area (Å²) in [5.41, 5.74) is 0.547. The van der Waals surface area contributed by atoms with Gasteiger partial charge in [-0.1, -0.05) is 13.8 Å². The Labute approximate surface area is 166 Å². The van der Waals surface area contributed by atoms with E-state index < -0.39 is 0 Å². The van der Waals surface area contributed by atoms with Gasteiger partial charge in [-0.2, -0.15) is 0 Å². The van der Waals surface area contributed by atoms with E-state index in [2.05, 4.69) is 35.6 Å². The minimum absolute atomic E-state index is 0.313. The van der Waals surface area contributed by atoms with Gasteiger partial charge in [0.1, 0.15) is 0 Å². The van der Waals surface area contributed by atoms with Crippen molar-refractivity contribution in [3.8, 4) is 0 Å². The van der Waals surface area contributed by atoms with Crippen LogP contribution in [0.25, 0.3) is 0 Å². The van der Waals surface area contributed by atoms with Gasteiger partial charge in [0.2, 0.25) is 5.91 Å². The van der Waals surface area contributed by atoms with Gasteiger partial charge in [-0.25, -0.2) is 0 Å². The highest BCUT2D eigenvalue weighted by Gasteiger charge is 2.44. The number of piperidine rings is 2. The van der Waals surface area contributed by atoms with Crippen molar-refractivity contribution in [3.05, 3.63) is 0 Å². The number of amides is 1. The van der Waals surface area contributed by atoms with Crippen LogP contribution >= 0.6 is 0 Å². The largest absolute Gasteiger partial charge is 0.342 e. The smallest absolute Gasteiger partial charge is 0.225 e. The van der Waals surface area contributed by atoms with Crippen molar-refractivity contribution in [2.24, 2.45) is 23.2 Å². The van der Waals surface area contributed by atoms with Crippen molar-refractivity contribution in [2.45, 2.75) is 71.3 Å². The Morgan fingerprint density at radius 2 is 1.48 bits per heavy atom. The Bertz CT molecular complexity index is 502. The minimum atomic E-state index is 0.313. The van der Waals surface area contributed by atoms with Crippen molar-refractivity contribution < 1.29 is 4.79 Å². The molecule has 4 heteroatoms. The molecule has 1 amide bonds. The highest BCUT2D eigenvalue weighted by molar-refractivity contribution is 5.79. The summed E-state index contributed by atoms with van der Waals surface area (Å²) in [4.78, 5) is 20.4. The van der Waals surface area contributed by atoms with E-state index in [0.717, 1.165) is 43.8 Å². The van der Waals surface area contributed by atoms with Crippen molar-refractivity contribution in [1.82, 2.24) is 14.7 Å². The molecule has 4 rings (SSSR count). The number of rotatable bonds is 3. The number of nitrogens with zero attached hydrogens (tertiary/aromatic N) is 3. The second kappa shape index (κ2) is 8.02. The summed E-state index contributed by atoms with van der Waals surface area (Å²) >= 11 is 0. The number of hydrogen-bond acceptors (Lipinski definition) is 3. The van der Waals surface area contributed by atoms with Crippen molar-refractivity contribution in [2.75, 3.05) is 46.3 Å². The molecule has 0 unspecified atom stereocenters. The first-order chi connectivity index (χ1) is 13.0. The molecule has 1 saturated carbocycles. The highest BCUT2D eigenvalue weighted by Crippen LogP contribution is 2.40. The van der Waals surface area contributed by atoms with Gasteiger partial charge < -0.3 is 14.7 Å². The molecule has 4 nitrogen and oxygen atoms in total. The topological polar surface area (TPSA) is 26.8 Å². The fourth-order valence-corrected chi connectivity index (χ4v) is 6.51. The molecule has 154 valence electrons. The molecule has 0 radical (unpaired) electrons. The zero-order valence-electron chi connectivity index (χ0n) is 18.0. The van der Waals surface area contributed by atoms with Crippen molar-refractivity contribution in [3.63, 3.8) is 0 Å². The Kier molecular flexibility index (Phi) is 5.85. The first kappa shape index (κ1) is 19.7. The van der Waals surface area contributed by atoms with Gasteiger partial charge in [0, 0.05) is 38.1 Å². The van der Waals surface area contributed by atoms with Crippen LogP contribution < -0.4 is 0 Å². The maximum Gasteiger partial charge on any atom is 0.225 e. The predicted molar refractivity (Wildman–Crippen MR) is 111 cm³/mol. The summed E-state index contributed by atoms with van der Waals surface area (Å²) in [5, 5.41) is 0. The monoisotopic (exact) mass is 375 g/mol. The molecule has 27 heavy (non-hydrogen) atoms. The first-order valence-electron chi connectivity index (χ1n) is 11.7. The summed E-state index contributed by atoms with van der Waals surface area (Å²) in [7, 11) is 2.21. The highest BCUT2D eigenvalue weighted by atomic mass is 16.2. The van der Waals surface area contributed by atoms with Gasteiger partial charge in [-0.05, 0) is 88.8 Å². The van der Waals surface area contributed by atoms with Crippen LogP contribution in [0.4, 0.5) is 0 Å². The van der Waals surface area contributed by atoms with Crippen LogP contribution in [0.3, 0.4) is 0 Å². The van der Waals surface area contributed by atoms with Crippen LogP contribution in [0.1, 0.15) is 65.2 Å². The Hall–Kier alpha value is -0.610. The van der Waals surface area contributed by atoms with E-state index in [1.54, 1.807) is 0 Å². The number of likely N-dealkylation sites (tertiary alicyclic amines) is 3. The molecule has 4 aliphatic rings. The maximum atomic E-state index is 13.0. The van der Waals surface area contributed by atoms with E-state index in [9.17, 15) is 4.79 Å². The van der Waals surface area contributed by atoms with E-state index in [4.69, 9.17) is 0 Å². The minimum Gasteiger partial charge on any atom is -0.342 e. The third-order valence-electron chi connectivity index (χ3n) is 8.43. The van der Waals surface area contributed by atoms with Gasteiger partial charge in [0.05, 0.1) is 0 Å². The molecule has 0 bridgehead atoms. The Morgan fingerprint density at radius 3 is 2.00 bits per heavy atom. The third-order valence-corrected chi connectivity index (χ3v) is 8.43. The van der Waals surface area contributed by atoms with Gasteiger partial charge >= 0.3 is 0 Å². The lowest BCUT2D eigenvalue weighted by Gasteiger charge is -2.53. The molecule has 3 heterocycles. The molecule has 0 atom stereocenters. The molecule has 0 aromatic heterocycles. The standard InChI is InChI=1S/C23H41N3O/c1-18(2)19-8-12-25(13-9-19)21-6-4-20(5-7-21)22(27)26-14-10-23(11-15-26)16-24(3)17-23/h18-21H,4-17H2,1-3H3. The molecule has 3 aliphatic heterocycles. The second-order valence-corrected chi connectivity index (χ2v) is 10.6. The second-order valence-electron chi connectivity index (χ2n) is 10.6. The summed E-state index contributed by atoms with van der Waals surface area (Å²) in [5.74, 6) is 2.56. The van der Waals surface area contributed by atoms with Crippen LogP contribution in [-0.4, -0.2) is 73.0 Å². The summed E-state index contributed by atoms with van der Waals surface area (Å²) in [6.07, 6.45) is 9.93. The van der Waals surface area contributed by atoms with Crippen molar-refractivity contribution in [1.29, 1.82) is 0 Å². The maximum absolute atomic E-state index is 13.0. The van der Waals surface area contributed by atoms with Crippen LogP contribution in [0.2, 0.25) is 0 Å². The summed E-state index contributed by atoms with van der Waals surface area (Å²) in [6.45, 7) is 11.8. The van der Waals surface area contributed by atoms with Gasteiger partial charge in [-0.3, -0.25) is 4.79 Å². The van der Waals surface area contributed by atoms with E-state index in [0.29, 0.717) is 17.2 Å². The normalized spacial score (nSPS) is 33.4. The fraction of sp³-hybridized carbons (Fsp3) is 0.957. The summed E-state index contributed by atoms with van der Waals surface area (Å²) < 4.78 is 0. The van der Waals surface area contributed by atoms with E-state index in [1.165, 1.54) is 64.7 Å². The summed E-state index contributed by atoms with van der Waals surface area (Å²) in [6, 6.07) is 0.748. The van der Waals surface area contributed by atoms with E-state index in [-0.39, 0.29) is 0 Å². The molecule has 0 aromatic rings. The van der Waals surface area contributed by atoms with E-state index >= 15 is 0 Å². The molecule has 4 fully saturated rings. The lowest BCUT2D eigenvalue weighted by atomic mass is 9.72. The van der Waals surface area contributed by atoms with Crippen molar-refractivity contribution >= 4 is 5.91 Å². The lowest BCUT2D eigenvalue weighted by molar-refractivity contribution is -0.141. The Morgan fingerprint density at radius 1 is 0.889 bits per heavy atom. The molecule has 1 spiro atoms. The number of hydrogen-bond donors (Lipinski definition) is 0. The van der Waals surface area contributed by atoms with Gasteiger partial charge in [0.15, 0.2) is 0 Å². The zero-order valence-corrected chi connectivity index (χ0v) is 18.0. The molecule has 0 N–H and O–H groups in total. The number of carbonyl (C=O) groups is 1. The zero-order chi connectivity index (χ0) is 19.0. The van der Waals surface area contributed by atoms with Crippen LogP contribution in [0, 0.1) is 23.2 Å². The van der Waals surface area contributed by atoms with Crippen LogP contribution in [0.5, 0.6) is 0 Å². The average Bonchev–Trinajstić information content (AvgIpc) is 2.67. The van der Waals surface area contributed by atoms with Crippen LogP contribution in [0.15, 0.2) is 0 Å². The molecule has 1 aliphatic carbocycles. The van der Waals surface area contributed by atoms with Gasteiger partial charge in [-0.15, -0.1) is 0 Å². The Balaban J connectivity index is 1.20. The molecule has 0 aromatic carbocycles. The first-order valence-corrected chi connectivity index (χ1v) is 11.7. The lowest BCUT2D eigenvalue weighted by Crippen LogP contribution is -2.59. The quantitative estimate of drug-likeness (QED) is 0.756. The van der Waals surface area contributed by atoms with E-state index in [1.807, 2.05) is 0 Å². The number of carbonyl (C=O) groups excluding carboxylic acids is 1. The van der Waals surface area contributed by atoms with Gasteiger partial charge in [0.25, 0.3) is 0 Å². The van der Waals surface area contributed by atoms with Crippen LogP contribution in [-0.2, 0) is 4.79 Å². The fourth-order valence-electron chi connectivity index (χ4n) is 6.51. The molecular weight excluding hydrogens is 334 g/mol. The SMILES string of the molecule is CC(C)C1CCN(C2CCC(C(=O)N3CCC4(CC3)CN(C)C4)CC2)CC1. The third kappa shape index (κ3) is 4.22.